The maximum atomic E-state index is 12.1. The van der Waals surface area contributed by atoms with Crippen molar-refractivity contribution in [1.82, 2.24) is 10.2 Å². The first-order chi connectivity index (χ1) is 11.2. The van der Waals surface area contributed by atoms with Crippen LogP contribution in [-0.4, -0.2) is 35.2 Å². The van der Waals surface area contributed by atoms with E-state index in [-0.39, 0.29) is 11.6 Å². The molecule has 1 saturated carbocycles. The molecule has 1 amide bonds. The smallest absolute Gasteiger partial charge is 0.408 e. The van der Waals surface area contributed by atoms with Gasteiger partial charge in [0.15, 0.2) is 0 Å². The number of hydrogen-bond acceptors (Lipinski definition) is 3. The van der Waals surface area contributed by atoms with Gasteiger partial charge in [-0.2, -0.15) is 0 Å². The Morgan fingerprint density at radius 2 is 1.79 bits per heavy atom. The van der Waals surface area contributed by atoms with Gasteiger partial charge in [0.2, 0.25) is 0 Å². The highest BCUT2D eigenvalue weighted by molar-refractivity contribution is 5.68. The maximum absolute atomic E-state index is 12.1. The van der Waals surface area contributed by atoms with Gasteiger partial charge in [-0.1, -0.05) is 30.3 Å². The lowest BCUT2D eigenvalue weighted by Gasteiger charge is -2.30. The van der Waals surface area contributed by atoms with Crippen LogP contribution in [0.3, 0.4) is 0 Å². The first-order valence-corrected chi connectivity index (χ1v) is 9.00. The first kappa shape index (κ1) is 17.3. The zero-order chi connectivity index (χ0) is 17.4. The van der Waals surface area contributed by atoms with Crippen LogP contribution in [-0.2, 0) is 11.3 Å². The first-order valence-electron chi connectivity index (χ1n) is 9.00. The van der Waals surface area contributed by atoms with Gasteiger partial charge in [-0.25, -0.2) is 4.79 Å². The third-order valence-corrected chi connectivity index (χ3v) is 5.13. The van der Waals surface area contributed by atoms with Crippen molar-refractivity contribution in [3.05, 3.63) is 35.9 Å². The molecular formula is C20H30N2O2. The summed E-state index contributed by atoms with van der Waals surface area (Å²) in [6.07, 6.45) is 1.80. The van der Waals surface area contributed by atoms with Crippen LogP contribution in [0, 0.1) is 11.8 Å². The summed E-state index contributed by atoms with van der Waals surface area (Å²) in [4.78, 5) is 14.7. The molecule has 1 heterocycles. The lowest BCUT2D eigenvalue weighted by atomic mass is 9.98. The molecule has 3 atom stereocenters. The van der Waals surface area contributed by atoms with Gasteiger partial charge in [0.05, 0.1) is 0 Å². The molecule has 1 saturated heterocycles. The minimum Gasteiger partial charge on any atom is -0.444 e. The molecule has 3 rings (SSSR count). The molecule has 1 aromatic carbocycles. The molecule has 4 heteroatoms. The molecule has 1 N–H and O–H groups in total. The van der Waals surface area contributed by atoms with Gasteiger partial charge in [-0.15, -0.1) is 0 Å². The summed E-state index contributed by atoms with van der Waals surface area (Å²) in [6, 6.07) is 10.7. The second-order valence-corrected chi connectivity index (χ2v) is 8.80. The van der Waals surface area contributed by atoms with Crippen molar-refractivity contribution in [3.8, 4) is 0 Å². The summed E-state index contributed by atoms with van der Waals surface area (Å²) >= 11 is 0. The maximum Gasteiger partial charge on any atom is 0.408 e. The molecule has 1 aliphatic heterocycles. The van der Waals surface area contributed by atoms with E-state index < -0.39 is 5.60 Å². The van der Waals surface area contributed by atoms with E-state index in [0.717, 1.165) is 32.5 Å². The Labute approximate surface area is 145 Å². The molecule has 2 fully saturated rings. The van der Waals surface area contributed by atoms with E-state index in [9.17, 15) is 4.79 Å². The number of fused-ring (bicyclic) bond motifs is 1. The lowest BCUT2D eigenvalue weighted by Crippen LogP contribution is -2.47. The van der Waals surface area contributed by atoms with Gasteiger partial charge in [0.25, 0.3) is 0 Å². The molecule has 0 radical (unpaired) electrons. The summed E-state index contributed by atoms with van der Waals surface area (Å²) in [6.45, 7) is 11.2. The van der Waals surface area contributed by atoms with Crippen molar-refractivity contribution in [2.75, 3.05) is 13.1 Å². The number of ether oxygens (including phenoxy) is 1. The number of alkyl carbamates (subject to hydrolysis) is 1. The Bertz CT molecular complexity index is 565. The van der Waals surface area contributed by atoms with Crippen LogP contribution in [0.15, 0.2) is 30.3 Å². The van der Waals surface area contributed by atoms with Crippen molar-refractivity contribution in [1.29, 1.82) is 0 Å². The number of benzene rings is 1. The molecule has 0 bridgehead atoms. The Balaban J connectivity index is 1.52. The van der Waals surface area contributed by atoms with E-state index in [2.05, 4.69) is 47.5 Å². The van der Waals surface area contributed by atoms with Gasteiger partial charge >= 0.3 is 6.09 Å². The van der Waals surface area contributed by atoms with Crippen molar-refractivity contribution >= 4 is 6.09 Å². The van der Waals surface area contributed by atoms with Crippen LogP contribution in [0.25, 0.3) is 0 Å². The van der Waals surface area contributed by atoms with E-state index >= 15 is 0 Å². The fraction of sp³-hybridized carbons (Fsp3) is 0.650. The highest BCUT2D eigenvalue weighted by Gasteiger charge is 2.47. The third kappa shape index (κ3) is 4.29. The predicted octanol–water partition coefficient (Wildman–Crippen LogP) is 3.81. The number of hydrogen-bond donors (Lipinski definition) is 1. The largest absolute Gasteiger partial charge is 0.444 e. The number of rotatable bonds is 3. The Kier molecular flexibility index (Phi) is 4.60. The number of amides is 1. The zero-order valence-electron chi connectivity index (χ0n) is 15.3. The molecule has 0 spiro atoms. The minimum absolute atomic E-state index is 0.128. The van der Waals surface area contributed by atoms with Crippen molar-refractivity contribution in [2.24, 2.45) is 11.8 Å². The second kappa shape index (κ2) is 6.40. The van der Waals surface area contributed by atoms with E-state index in [1.807, 2.05) is 20.8 Å². The summed E-state index contributed by atoms with van der Waals surface area (Å²) in [5, 5.41) is 3.13. The summed E-state index contributed by atoms with van der Waals surface area (Å²) in [5.74, 6) is 1.35. The molecule has 0 unspecified atom stereocenters. The molecule has 1 aromatic rings. The molecule has 132 valence electrons. The predicted molar refractivity (Wildman–Crippen MR) is 95.7 cm³/mol. The molecule has 2 aliphatic rings. The van der Waals surface area contributed by atoms with E-state index in [4.69, 9.17) is 4.74 Å². The lowest BCUT2D eigenvalue weighted by molar-refractivity contribution is 0.0460. The number of nitrogens with zero attached hydrogens (tertiary/aromatic N) is 1. The molecule has 24 heavy (non-hydrogen) atoms. The number of nitrogens with one attached hydrogen (secondary N) is 1. The van der Waals surface area contributed by atoms with Crippen LogP contribution in [0.4, 0.5) is 4.79 Å². The number of carbonyl (C=O) groups is 1. The molecule has 0 aromatic heterocycles. The van der Waals surface area contributed by atoms with E-state index in [1.165, 1.54) is 5.56 Å². The fourth-order valence-electron chi connectivity index (χ4n) is 4.36. The summed E-state index contributed by atoms with van der Waals surface area (Å²) < 4.78 is 5.43. The quantitative estimate of drug-likeness (QED) is 0.916. The van der Waals surface area contributed by atoms with Crippen molar-refractivity contribution < 1.29 is 9.53 Å². The normalized spacial score (nSPS) is 30.2. The summed E-state index contributed by atoms with van der Waals surface area (Å²) in [7, 11) is 0. The van der Waals surface area contributed by atoms with Crippen molar-refractivity contribution in [2.45, 2.75) is 58.2 Å². The second-order valence-electron chi connectivity index (χ2n) is 8.80. The Morgan fingerprint density at radius 3 is 2.33 bits per heavy atom. The SMILES string of the molecule is CC(C)(C)OC(=O)N[C@@]1(C)C[C@H]2CN(Cc3ccccc3)C[C@H]2C1. The number of carbonyl (C=O) groups excluding carboxylic acids is 1. The van der Waals surface area contributed by atoms with Gasteiger partial charge in [0, 0.05) is 25.2 Å². The van der Waals surface area contributed by atoms with Crippen LogP contribution in [0.5, 0.6) is 0 Å². The van der Waals surface area contributed by atoms with Crippen LogP contribution < -0.4 is 5.32 Å². The van der Waals surface area contributed by atoms with Gasteiger partial charge < -0.3 is 10.1 Å². The molecule has 4 nitrogen and oxygen atoms in total. The Hall–Kier alpha value is -1.55. The van der Waals surface area contributed by atoms with Gasteiger partial charge in [0.1, 0.15) is 5.60 Å². The summed E-state index contributed by atoms with van der Waals surface area (Å²) in [5.41, 5.74) is 0.810. The van der Waals surface area contributed by atoms with E-state index in [1.54, 1.807) is 0 Å². The number of likely N-dealkylation sites (tertiary alicyclic amines) is 1. The zero-order valence-corrected chi connectivity index (χ0v) is 15.3. The third-order valence-electron chi connectivity index (χ3n) is 5.13. The van der Waals surface area contributed by atoms with Crippen LogP contribution >= 0.6 is 0 Å². The molecular weight excluding hydrogens is 300 g/mol. The van der Waals surface area contributed by atoms with Gasteiger partial charge in [-0.05, 0) is 57.9 Å². The minimum atomic E-state index is -0.443. The average Bonchev–Trinajstić information content (AvgIpc) is 2.91. The Morgan fingerprint density at radius 1 is 1.21 bits per heavy atom. The highest BCUT2D eigenvalue weighted by atomic mass is 16.6. The monoisotopic (exact) mass is 330 g/mol. The van der Waals surface area contributed by atoms with Crippen LogP contribution in [0.2, 0.25) is 0 Å². The fourth-order valence-corrected chi connectivity index (χ4v) is 4.36. The topological polar surface area (TPSA) is 41.6 Å². The van der Waals surface area contributed by atoms with Gasteiger partial charge in [-0.3, -0.25) is 4.90 Å². The average molecular weight is 330 g/mol. The molecule has 1 aliphatic carbocycles. The van der Waals surface area contributed by atoms with Crippen molar-refractivity contribution in [3.63, 3.8) is 0 Å². The highest BCUT2D eigenvalue weighted by Crippen LogP contribution is 2.44. The standard InChI is InChI=1S/C20H30N2O2/c1-19(2,3)24-18(23)21-20(4)10-16-13-22(14-17(16)11-20)12-15-8-6-5-7-9-15/h5-9,16-17H,10-14H2,1-4H3,(H,21,23)/t16-,17+,20-. The van der Waals surface area contributed by atoms with E-state index in [0.29, 0.717) is 11.8 Å². The van der Waals surface area contributed by atoms with Crippen LogP contribution in [0.1, 0.15) is 46.1 Å².